The highest BCUT2D eigenvalue weighted by atomic mass is 16.2. The standard InChI is InChI=1S/C31H25BO/c1-4-21(3)29(5-2)32(33)31-27-18-10-8-16-25(27)30(26-17-9-11-19-28(26)31)24-20-12-14-22-13-6-7-15-23(22)24/h4-20,33H,1-2H2,3H3/b29-21+. The molecular formula is C31H25BO. The maximum Gasteiger partial charge on any atom is 0.360 e. The summed E-state index contributed by atoms with van der Waals surface area (Å²) in [6.45, 7) is 9.02. The first-order valence-corrected chi connectivity index (χ1v) is 11.2. The van der Waals surface area contributed by atoms with Crippen molar-refractivity contribution in [3.63, 3.8) is 0 Å². The molecule has 33 heavy (non-hydrogen) atoms. The summed E-state index contributed by atoms with van der Waals surface area (Å²) in [5, 5.41) is 18.4. The molecule has 0 aliphatic rings. The largest absolute Gasteiger partial charge is 0.443 e. The van der Waals surface area contributed by atoms with E-state index >= 15 is 0 Å². The van der Waals surface area contributed by atoms with Crippen LogP contribution in [0.3, 0.4) is 0 Å². The molecule has 0 atom stereocenters. The molecule has 5 rings (SSSR count). The molecule has 0 heterocycles. The lowest BCUT2D eigenvalue weighted by atomic mass is 9.51. The van der Waals surface area contributed by atoms with Crippen LogP contribution in [0, 0.1) is 0 Å². The molecule has 0 unspecified atom stereocenters. The van der Waals surface area contributed by atoms with Crippen molar-refractivity contribution in [1.82, 2.24) is 0 Å². The van der Waals surface area contributed by atoms with Gasteiger partial charge >= 0.3 is 6.92 Å². The van der Waals surface area contributed by atoms with Gasteiger partial charge in [0.25, 0.3) is 0 Å². The van der Waals surface area contributed by atoms with Gasteiger partial charge in [-0.25, -0.2) is 0 Å². The number of allylic oxidation sites excluding steroid dienone is 4. The second-order valence-corrected chi connectivity index (χ2v) is 8.36. The monoisotopic (exact) mass is 424 g/mol. The first kappa shape index (κ1) is 21.0. The molecule has 0 bridgehead atoms. The van der Waals surface area contributed by atoms with E-state index in [0.29, 0.717) is 0 Å². The summed E-state index contributed by atoms with van der Waals surface area (Å²) in [4.78, 5) is 0. The van der Waals surface area contributed by atoms with Gasteiger partial charge in [-0.15, -0.1) is 0 Å². The summed E-state index contributed by atoms with van der Waals surface area (Å²) >= 11 is 0. The van der Waals surface area contributed by atoms with E-state index in [2.05, 4.69) is 92.0 Å². The molecule has 0 aliphatic heterocycles. The van der Waals surface area contributed by atoms with Crippen molar-refractivity contribution >= 4 is 44.7 Å². The SMILES string of the molecule is C=C/C(C)=C(\C=C)B(O)c1c2ccccc2c(-c2cccc3ccccc23)c2ccccc12. The zero-order valence-corrected chi connectivity index (χ0v) is 18.8. The van der Waals surface area contributed by atoms with Gasteiger partial charge in [0.1, 0.15) is 0 Å². The third kappa shape index (κ3) is 3.40. The van der Waals surface area contributed by atoms with Gasteiger partial charge in [0.05, 0.1) is 0 Å². The van der Waals surface area contributed by atoms with Crippen LogP contribution in [0.1, 0.15) is 6.92 Å². The van der Waals surface area contributed by atoms with Crippen molar-refractivity contribution in [2.24, 2.45) is 0 Å². The highest BCUT2D eigenvalue weighted by Gasteiger charge is 2.26. The molecule has 0 amide bonds. The molecule has 0 saturated carbocycles. The minimum atomic E-state index is -0.808. The van der Waals surface area contributed by atoms with Gasteiger partial charge in [0.2, 0.25) is 0 Å². The summed E-state index contributed by atoms with van der Waals surface area (Å²) in [7, 11) is 0. The minimum Gasteiger partial charge on any atom is -0.443 e. The topological polar surface area (TPSA) is 20.2 Å². The van der Waals surface area contributed by atoms with E-state index in [0.717, 1.165) is 38.1 Å². The Balaban J connectivity index is 1.97. The quantitative estimate of drug-likeness (QED) is 0.179. The summed E-state index contributed by atoms with van der Waals surface area (Å²) < 4.78 is 0. The lowest BCUT2D eigenvalue weighted by Gasteiger charge is -2.21. The molecule has 1 nitrogen and oxygen atoms in total. The fraction of sp³-hybridized carbons (Fsp3) is 0.0323. The molecule has 5 aromatic rings. The average Bonchev–Trinajstić information content (AvgIpc) is 2.87. The number of fused-ring (bicyclic) bond motifs is 3. The van der Waals surface area contributed by atoms with E-state index < -0.39 is 6.92 Å². The van der Waals surface area contributed by atoms with Crippen LogP contribution in [0.5, 0.6) is 0 Å². The summed E-state index contributed by atoms with van der Waals surface area (Å²) in [5.74, 6) is 0. The van der Waals surface area contributed by atoms with Crippen LogP contribution in [0.4, 0.5) is 0 Å². The van der Waals surface area contributed by atoms with Gasteiger partial charge in [-0.1, -0.05) is 122 Å². The van der Waals surface area contributed by atoms with Crippen molar-refractivity contribution in [2.75, 3.05) is 0 Å². The third-order valence-electron chi connectivity index (χ3n) is 6.58. The van der Waals surface area contributed by atoms with Crippen molar-refractivity contribution in [3.05, 3.63) is 127 Å². The number of benzene rings is 5. The fourth-order valence-corrected chi connectivity index (χ4v) is 4.95. The van der Waals surface area contributed by atoms with Gasteiger partial charge in [-0.3, -0.25) is 0 Å². The molecule has 2 heteroatoms. The maximum atomic E-state index is 11.6. The van der Waals surface area contributed by atoms with Crippen LogP contribution in [0.25, 0.3) is 43.4 Å². The molecule has 5 aromatic carbocycles. The van der Waals surface area contributed by atoms with E-state index in [1.165, 1.54) is 21.9 Å². The van der Waals surface area contributed by atoms with Crippen LogP contribution >= 0.6 is 0 Å². The average molecular weight is 424 g/mol. The van der Waals surface area contributed by atoms with Gasteiger partial charge in [-0.2, -0.15) is 0 Å². The van der Waals surface area contributed by atoms with Crippen molar-refractivity contribution in [1.29, 1.82) is 0 Å². The van der Waals surface area contributed by atoms with Crippen molar-refractivity contribution < 1.29 is 5.02 Å². The van der Waals surface area contributed by atoms with Gasteiger partial charge in [0.15, 0.2) is 0 Å². The first-order valence-electron chi connectivity index (χ1n) is 11.2. The zero-order chi connectivity index (χ0) is 22.9. The Bertz CT molecular complexity index is 1510. The summed E-state index contributed by atoms with van der Waals surface area (Å²) in [5.41, 5.74) is 4.99. The van der Waals surface area contributed by atoms with E-state index in [-0.39, 0.29) is 0 Å². The van der Waals surface area contributed by atoms with Crippen molar-refractivity contribution in [3.8, 4) is 11.1 Å². The van der Waals surface area contributed by atoms with Crippen LogP contribution in [0.2, 0.25) is 0 Å². The Morgan fingerprint density at radius 1 is 0.667 bits per heavy atom. The molecule has 0 spiro atoms. The fourth-order valence-electron chi connectivity index (χ4n) is 4.95. The molecule has 0 radical (unpaired) electrons. The predicted octanol–water partition coefficient (Wildman–Crippen LogP) is 7.23. The van der Waals surface area contributed by atoms with E-state index in [4.69, 9.17) is 0 Å². The van der Waals surface area contributed by atoms with Crippen LogP contribution in [-0.4, -0.2) is 11.9 Å². The Kier molecular flexibility index (Phi) is 5.46. The van der Waals surface area contributed by atoms with E-state index in [9.17, 15) is 5.02 Å². The van der Waals surface area contributed by atoms with Gasteiger partial charge < -0.3 is 5.02 Å². The number of hydrogen-bond donors (Lipinski definition) is 1. The molecule has 158 valence electrons. The van der Waals surface area contributed by atoms with Gasteiger partial charge in [0, 0.05) is 0 Å². The second-order valence-electron chi connectivity index (χ2n) is 8.36. The third-order valence-corrected chi connectivity index (χ3v) is 6.58. The second kappa shape index (κ2) is 8.57. The van der Waals surface area contributed by atoms with E-state index in [1.54, 1.807) is 12.2 Å². The highest BCUT2D eigenvalue weighted by molar-refractivity contribution is 6.79. The Morgan fingerprint density at radius 3 is 1.76 bits per heavy atom. The smallest absolute Gasteiger partial charge is 0.360 e. The highest BCUT2D eigenvalue weighted by Crippen LogP contribution is 2.39. The number of rotatable bonds is 5. The molecule has 0 aliphatic carbocycles. The predicted molar refractivity (Wildman–Crippen MR) is 145 cm³/mol. The lowest BCUT2D eigenvalue weighted by molar-refractivity contribution is 0.597. The minimum absolute atomic E-state index is 0.776. The molecular weight excluding hydrogens is 399 g/mol. The Labute approximate surface area is 195 Å². The van der Waals surface area contributed by atoms with Crippen LogP contribution < -0.4 is 5.46 Å². The van der Waals surface area contributed by atoms with E-state index in [1.807, 2.05) is 19.1 Å². The molecule has 1 N–H and O–H groups in total. The van der Waals surface area contributed by atoms with Gasteiger partial charge in [-0.05, 0) is 61.3 Å². The van der Waals surface area contributed by atoms with Crippen LogP contribution in [-0.2, 0) is 0 Å². The zero-order valence-electron chi connectivity index (χ0n) is 18.8. The Hall–Kier alpha value is -3.88. The Morgan fingerprint density at radius 2 is 1.18 bits per heavy atom. The first-order chi connectivity index (χ1) is 16.2. The normalized spacial score (nSPS) is 12.1. The van der Waals surface area contributed by atoms with Crippen molar-refractivity contribution in [2.45, 2.75) is 6.92 Å². The molecule has 0 fully saturated rings. The van der Waals surface area contributed by atoms with Crippen LogP contribution in [0.15, 0.2) is 127 Å². The molecule has 0 aromatic heterocycles. The summed E-state index contributed by atoms with van der Waals surface area (Å²) in [6, 6.07) is 31.7. The number of hydrogen-bond acceptors (Lipinski definition) is 1. The molecule has 0 saturated heterocycles. The lowest BCUT2D eigenvalue weighted by Crippen LogP contribution is -2.34. The maximum absolute atomic E-state index is 11.6. The summed E-state index contributed by atoms with van der Waals surface area (Å²) in [6.07, 6.45) is 3.51.